The lowest BCUT2D eigenvalue weighted by molar-refractivity contribution is -0.120. The number of nitrogens with one attached hydrogen (secondary N) is 3. The highest BCUT2D eigenvalue weighted by Crippen LogP contribution is 2.28. The molecular weight excluding hydrogens is 404 g/mol. The minimum absolute atomic E-state index is 0.0285. The molecule has 4 rings (SSSR count). The predicted molar refractivity (Wildman–Crippen MR) is 117 cm³/mol. The molecule has 160 valence electrons. The van der Waals surface area contributed by atoms with Crippen molar-refractivity contribution in [2.45, 2.75) is 25.7 Å². The van der Waals surface area contributed by atoms with E-state index in [-0.39, 0.29) is 11.8 Å². The normalized spacial score (nSPS) is 21.8. The number of nitrogens with zero attached hydrogens (tertiary/aromatic N) is 3. The van der Waals surface area contributed by atoms with Gasteiger partial charge in [-0.05, 0) is 44.2 Å². The molecule has 2 atom stereocenters. The minimum Gasteiger partial charge on any atom is -0.381 e. The predicted octanol–water partition coefficient (Wildman–Crippen LogP) is 2.97. The van der Waals surface area contributed by atoms with Gasteiger partial charge in [-0.2, -0.15) is 0 Å². The number of hydrogen-bond donors (Lipinski definition) is 3. The summed E-state index contributed by atoms with van der Waals surface area (Å²) in [6.07, 6.45) is 9.01. The fourth-order valence-electron chi connectivity index (χ4n) is 3.81. The number of carbonyl (C=O) groups excluding carboxylic acids is 1. The third-order valence-electron chi connectivity index (χ3n) is 5.51. The maximum atomic E-state index is 12.5. The number of anilines is 2. The fraction of sp³-hybridized carbons (Fsp3) is 0.524. The first-order chi connectivity index (χ1) is 14.7. The Bertz CT molecular complexity index is 868. The van der Waals surface area contributed by atoms with E-state index >= 15 is 0 Å². The van der Waals surface area contributed by atoms with E-state index in [2.05, 4.69) is 30.9 Å². The molecule has 8 nitrogen and oxygen atoms in total. The average molecular weight is 431 g/mol. The Hall–Kier alpha value is -2.29. The molecule has 0 aliphatic carbocycles. The van der Waals surface area contributed by atoms with Crippen molar-refractivity contribution in [3.8, 4) is 11.3 Å². The molecule has 2 aliphatic rings. The van der Waals surface area contributed by atoms with Gasteiger partial charge in [0.1, 0.15) is 11.6 Å². The molecule has 1 unspecified atom stereocenters. The summed E-state index contributed by atoms with van der Waals surface area (Å²) in [5, 5.41) is 9.96. The second-order valence-corrected chi connectivity index (χ2v) is 8.24. The topological polar surface area (TPSA) is 101 Å². The molecule has 0 aromatic carbocycles. The van der Waals surface area contributed by atoms with Gasteiger partial charge in [-0.15, -0.1) is 0 Å². The maximum absolute atomic E-state index is 12.5. The SMILES string of the molecule is O=C(Nc1cc(-c2cncc(NCC3CCCOC3)n2)c(Cl)cn1)[C@@H]1CCCNC1. The van der Waals surface area contributed by atoms with Crippen LogP contribution in [0.5, 0.6) is 0 Å². The fourth-order valence-corrected chi connectivity index (χ4v) is 4.01. The number of carbonyl (C=O) groups is 1. The standard InChI is InChI=1S/C21H27ClN6O2/c22-17-10-26-19(28-21(29)15-4-1-5-23-9-15)7-16(17)18-11-24-12-20(27-18)25-8-14-3-2-6-30-13-14/h7,10-12,14-15,23H,1-6,8-9,13H2,(H,25,27)(H,26,28,29)/t14?,15-/m1/s1. The zero-order valence-electron chi connectivity index (χ0n) is 16.9. The molecule has 2 aromatic rings. The van der Waals surface area contributed by atoms with Crippen LogP contribution in [0.15, 0.2) is 24.7 Å². The zero-order valence-corrected chi connectivity index (χ0v) is 17.6. The van der Waals surface area contributed by atoms with E-state index in [1.807, 2.05) is 0 Å². The lowest BCUT2D eigenvalue weighted by atomic mass is 9.99. The van der Waals surface area contributed by atoms with Crippen LogP contribution in [0.2, 0.25) is 5.02 Å². The van der Waals surface area contributed by atoms with Crippen LogP contribution in [0, 0.1) is 11.8 Å². The third-order valence-corrected chi connectivity index (χ3v) is 5.81. The van der Waals surface area contributed by atoms with Crippen molar-refractivity contribution < 1.29 is 9.53 Å². The second kappa shape index (κ2) is 10.1. The van der Waals surface area contributed by atoms with Crippen molar-refractivity contribution >= 4 is 29.1 Å². The van der Waals surface area contributed by atoms with Crippen molar-refractivity contribution in [3.63, 3.8) is 0 Å². The number of amides is 1. The van der Waals surface area contributed by atoms with E-state index in [0.29, 0.717) is 40.4 Å². The first-order valence-electron chi connectivity index (χ1n) is 10.5. The molecule has 0 radical (unpaired) electrons. The molecule has 0 saturated carbocycles. The minimum atomic E-state index is -0.0456. The quantitative estimate of drug-likeness (QED) is 0.647. The van der Waals surface area contributed by atoms with Gasteiger partial charge in [-0.3, -0.25) is 9.78 Å². The molecule has 2 aromatic heterocycles. The van der Waals surface area contributed by atoms with E-state index in [0.717, 1.165) is 52.0 Å². The van der Waals surface area contributed by atoms with Gasteiger partial charge in [0, 0.05) is 31.5 Å². The van der Waals surface area contributed by atoms with Gasteiger partial charge in [0.2, 0.25) is 5.91 Å². The van der Waals surface area contributed by atoms with E-state index in [1.54, 1.807) is 18.5 Å². The maximum Gasteiger partial charge on any atom is 0.229 e. The summed E-state index contributed by atoms with van der Waals surface area (Å²) >= 11 is 6.38. The van der Waals surface area contributed by atoms with Gasteiger partial charge >= 0.3 is 0 Å². The van der Waals surface area contributed by atoms with Gasteiger partial charge in [-0.1, -0.05) is 11.6 Å². The summed E-state index contributed by atoms with van der Waals surface area (Å²) in [5.74, 6) is 1.55. The highest BCUT2D eigenvalue weighted by atomic mass is 35.5. The number of aromatic nitrogens is 3. The zero-order chi connectivity index (χ0) is 20.8. The molecular formula is C21H27ClN6O2. The van der Waals surface area contributed by atoms with Crippen LogP contribution in [0.3, 0.4) is 0 Å². The van der Waals surface area contributed by atoms with Crippen molar-refractivity contribution in [2.75, 3.05) is 43.5 Å². The van der Waals surface area contributed by atoms with E-state index < -0.39 is 0 Å². The van der Waals surface area contributed by atoms with Crippen LogP contribution in [0.1, 0.15) is 25.7 Å². The van der Waals surface area contributed by atoms with Crippen molar-refractivity contribution in [1.29, 1.82) is 0 Å². The Morgan fingerprint density at radius 3 is 2.97 bits per heavy atom. The molecule has 0 bridgehead atoms. The largest absolute Gasteiger partial charge is 0.381 e. The lowest BCUT2D eigenvalue weighted by Gasteiger charge is -2.22. The summed E-state index contributed by atoms with van der Waals surface area (Å²) in [7, 11) is 0. The number of halogens is 1. The van der Waals surface area contributed by atoms with Crippen LogP contribution in [0.4, 0.5) is 11.6 Å². The molecule has 30 heavy (non-hydrogen) atoms. The van der Waals surface area contributed by atoms with Crippen LogP contribution in [-0.4, -0.2) is 53.7 Å². The molecule has 3 N–H and O–H groups in total. The lowest BCUT2D eigenvalue weighted by Crippen LogP contribution is -2.37. The summed E-state index contributed by atoms with van der Waals surface area (Å²) in [4.78, 5) is 25.7. The first kappa shape index (κ1) is 21.0. The highest BCUT2D eigenvalue weighted by molar-refractivity contribution is 6.33. The summed E-state index contributed by atoms with van der Waals surface area (Å²) < 4.78 is 5.53. The average Bonchev–Trinajstić information content (AvgIpc) is 2.80. The molecule has 1 amide bonds. The van der Waals surface area contributed by atoms with Gasteiger partial charge < -0.3 is 20.7 Å². The smallest absolute Gasteiger partial charge is 0.229 e. The van der Waals surface area contributed by atoms with Gasteiger partial charge in [0.05, 0.1) is 35.6 Å². The highest BCUT2D eigenvalue weighted by Gasteiger charge is 2.21. The molecule has 2 fully saturated rings. The molecule has 4 heterocycles. The van der Waals surface area contributed by atoms with Crippen LogP contribution < -0.4 is 16.0 Å². The number of piperidine rings is 1. The Kier molecular flexibility index (Phi) is 7.09. The number of hydrogen-bond acceptors (Lipinski definition) is 7. The van der Waals surface area contributed by atoms with E-state index in [9.17, 15) is 4.79 Å². The van der Waals surface area contributed by atoms with Crippen LogP contribution in [-0.2, 0) is 9.53 Å². The number of ether oxygens (including phenoxy) is 1. The van der Waals surface area contributed by atoms with Crippen molar-refractivity contribution in [3.05, 3.63) is 29.7 Å². The summed E-state index contributed by atoms with van der Waals surface area (Å²) in [6, 6.07) is 1.75. The Balaban J connectivity index is 1.45. The monoisotopic (exact) mass is 430 g/mol. The first-order valence-corrected chi connectivity index (χ1v) is 10.9. The molecule has 0 spiro atoms. The van der Waals surface area contributed by atoms with E-state index in [4.69, 9.17) is 16.3 Å². The van der Waals surface area contributed by atoms with Gasteiger partial charge in [0.25, 0.3) is 0 Å². The van der Waals surface area contributed by atoms with Crippen molar-refractivity contribution in [2.24, 2.45) is 11.8 Å². The Morgan fingerprint density at radius 2 is 2.17 bits per heavy atom. The Morgan fingerprint density at radius 1 is 1.23 bits per heavy atom. The van der Waals surface area contributed by atoms with Gasteiger partial charge in [-0.25, -0.2) is 9.97 Å². The summed E-state index contributed by atoms with van der Waals surface area (Å²) in [6.45, 7) is 4.07. The van der Waals surface area contributed by atoms with Crippen LogP contribution in [0.25, 0.3) is 11.3 Å². The van der Waals surface area contributed by atoms with Crippen molar-refractivity contribution in [1.82, 2.24) is 20.3 Å². The number of pyridine rings is 1. The molecule has 2 aliphatic heterocycles. The van der Waals surface area contributed by atoms with Gasteiger partial charge in [0.15, 0.2) is 0 Å². The Labute approximate surface area is 181 Å². The third kappa shape index (κ3) is 5.44. The van der Waals surface area contributed by atoms with Crippen LogP contribution >= 0.6 is 11.6 Å². The number of rotatable bonds is 6. The molecule has 9 heteroatoms. The summed E-state index contributed by atoms with van der Waals surface area (Å²) in [5.41, 5.74) is 1.31. The second-order valence-electron chi connectivity index (χ2n) is 7.84. The van der Waals surface area contributed by atoms with E-state index in [1.165, 1.54) is 6.20 Å². The molecule has 2 saturated heterocycles.